The number of ether oxygens (including phenoxy) is 3. The monoisotopic (exact) mass is 318 g/mol. The Labute approximate surface area is 137 Å². The Balaban J connectivity index is 1.26. The maximum atomic E-state index is 6.14. The highest BCUT2D eigenvalue weighted by molar-refractivity contribution is 5.04. The molecule has 23 heavy (non-hydrogen) atoms. The van der Waals surface area contributed by atoms with Gasteiger partial charge in [0.05, 0.1) is 24.0 Å². The van der Waals surface area contributed by atoms with Gasteiger partial charge in [0, 0.05) is 51.6 Å². The smallest absolute Gasteiger partial charge is 0.0959 e. The molecule has 3 aliphatic rings. The van der Waals surface area contributed by atoms with Crippen molar-refractivity contribution in [2.45, 2.75) is 50.0 Å². The predicted molar refractivity (Wildman–Crippen MR) is 86.1 cm³/mol. The molecule has 0 bridgehead atoms. The molecule has 4 rings (SSSR count). The zero-order valence-electron chi connectivity index (χ0n) is 13.7. The summed E-state index contributed by atoms with van der Waals surface area (Å²) in [5.41, 5.74) is 1.04. The summed E-state index contributed by atoms with van der Waals surface area (Å²) in [6, 6.07) is 6.65. The minimum atomic E-state index is 0.0331. The second-order valence-corrected chi connectivity index (χ2v) is 7.03. The van der Waals surface area contributed by atoms with Gasteiger partial charge in [-0.1, -0.05) is 6.07 Å². The van der Waals surface area contributed by atoms with Gasteiger partial charge in [-0.25, -0.2) is 0 Å². The SMILES string of the molecule is c1ccc(CO[C@H]2CCOC3(C2)CN(C2CCOCC2)C3)nc1. The Hall–Kier alpha value is -1.01. The fourth-order valence-corrected chi connectivity index (χ4v) is 4.03. The lowest BCUT2D eigenvalue weighted by Crippen LogP contribution is -2.68. The summed E-state index contributed by atoms with van der Waals surface area (Å²) in [4.78, 5) is 6.90. The molecule has 1 aromatic heterocycles. The molecule has 5 heteroatoms. The molecule has 0 radical (unpaired) electrons. The normalized spacial score (nSPS) is 28.6. The molecule has 1 spiro atoms. The molecule has 5 nitrogen and oxygen atoms in total. The van der Waals surface area contributed by atoms with E-state index < -0.39 is 0 Å². The van der Waals surface area contributed by atoms with Gasteiger partial charge in [-0.3, -0.25) is 9.88 Å². The molecule has 4 heterocycles. The average molecular weight is 318 g/mol. The van der Waals surface area contributed by atoms with E-state index >= 15 is 0 Å². The Bertz CT molecular complexity index is 498. The summed E-state index contributed by atoms with van der Waals surface area (Å²) in [5.74, 6) is 0. The third-order valence-corrected chi connectivity index (χ3v) is 5.33. The number of rotatable bonds is 4. The molecule has 0 aromatic carbocycles. The molecule has 0 unspecified atom stereocenters. The quantitative estimate of drug-likeness (QED) is 0.850. The molecule has 0 amide bonds. The molecule has 0 aliphatic carbocycles. The van der Waals surface area contributed by atoms with Crippen LogP contribution in [-0.2, 0) is 20.8 Å². The third kappa shape index (κ3) is 3.58. The fraction of sp³-hybridized carbons (Fsp3) is 0.722. The first kappa shape index (κ1) is 15.5. The summed E-state index contributed by atoms with van der Waals surface area (Å²) in [5, 5.41) is 0. The highest BCUT2D eigenvalue weighted by atomic mass is 16.5. The number of nitrogens with zero attached hydrogens (tertiary/aromatic N) is 2. The van der Waals surface area contributed by atoms with E-state index in [9.17, 15) is 0 Å². The maximum Gasteiger partial charge on any atom is 0.0959 e. The van der Waals surface area contributed by atoms with E-state index in [1.54, 1.807) is 0 Å². The lowest BCUT2D eigenvalue weighted by molar-refractivity contribution is -0.210. The summed E-state index contributed by atoms with van der Waals surface area (Å²) in [6.07, 6.45) is 6.45. The summed E-state index contributed by atoms with van der Waals surface area (Å²) in [7, 11) is 0. The van der Waals surface area contributed by atoms with E-state index in [0.717, 1.165) is 64.3 Å². The Morgan fingerprint density at radius 3 is 2.83 bits per heavy atom. The van der Waals surface area contributed by atoms with Crippen molar-refractivity contribution in [3.63, 3.8) is 0 Å². The molecule has 3 saturated heterocycles. The molecule has 3 aliphatic heterocycles. The Morgan fingerprint density at radius 2 is 2.04 bits per heavy atom. The Kier molecular flexibility index (Phi) is 4.62. The first-order valence-corrected chi connectivity index (χ1v) is 8.80. The minimum Gasteiger partial charge on any atom is -0.381 e. The highest BCUT2D eigenvalue weighted by Crippen LogP contribution is 2.37. The van der Waals surface area contributed by atoms with Gasteiger partial charge in [0.15, 0.2) is 0 Å². The first-order chi connectivity index (χ1) is 11.3. The minimum absolute atomic E-state index is 0.0331. The predicted octanol–water partition coefficient (Wildman–Crippen LogP) is 2.01. The molecule has 0 N–H and O–H groups in total. The van der Waals surface area contributed by atoms with Crippen molar-refractivity contribution in [2.24, 2.45) is 0 Å². The number of hydrogen-bond acceptors (Lipinski definition) is 5. The van der Waals surface area contributed by atoms with Crippen LogP contribution in [0.15, 0.2) is 24.4 Å². The lowest BCUT2D eigenvalue weighted by Gasteiger charge is -2.56. The molecular formula is C18H26N2O3. The molecule has 126 valence electrons. The summed E-state index contributed by atoms with van der Waals surface area (Å²) in [6.45, 7) is 5.34. The molecule has 0 saturated carbocycles. The van der Waals surface area contributed by atoms with Crippen molar-refractivity contribution < 1.29 is 14.2 Å². The summed E-state index contributed by atoms with van der Waals surface area (Å²) >= 11 is 0. The molecular weight excluding hydrogens is 292 g/mol. The zero-order chi connectivity index (χ0) is 15.5. The van der Waals surface area contributed by atoms with E-state index in [2.05, 4.69) is 9.88 Å². The van der Waals surface area contributed by atoms with Crippen molar-refractivity contribution in [1.29, 1.82) is 0 Å². The van der Waals surface area contributed by atoms with Crippen molar-refractivity contribution >= 4 is 0 Å². The van der Waals surface area contributed by atoms with E-state index in [4.69, 9.17) is 14.2 Å². The highest BCUT2D eigenvalue weighted by Gasteiger charge is 2.49. The number of aromatic nitrogens is 1. The number of pyridine rings is 1. The van der Waals surface area contributed by atoms with Crippen molar-refractivity contribution in [3.8, 4) is 0 Å². The van der Waals surface area contributed by atoms with Gasteiger partial charge in [0.2, 0.25) is 0 Å². The van der Waals surface area contributed by atoms with Crippen molar-refractivity contribution in [2.75, 3.05) is 32.9 Å². The molecule has 1 atom stereocenters. The van der Waals surface area contributed by atoms with Crippen LogP contribution in [0.3, 0.4) is 0 Å². The fourth-order valence-electron chi connectivity index (χ4n) is 4.03. The van der Waals surface area contributed by atoms with Gasteiger partial charge in [0.1, 0.15) is 0 Å². The summed E-state index contributed by atoms with van der Waals surface area (Å²) < 4.78 is 17.7. The van der Waals surface area contributed by atoms with E-state index in [-0.39, 0.29) is 5.60 Å². The number of hydrogen-bond donors (Lipinski definition) is 0. The van der Waals surface area contributed by atoms with Crippen LogP contribution in [0.5, 0.6) is 0 Å². The second-order valence-electron chi connectivity index (χ2n) is 7.03. The maximum absolute atomic E-state index is 6.14. The van der Waals surface area contributed by atoms with Crippen LogP contribution in [0.2, 0.25) is 0 Å². The van der Waals surface area contributed by atoms with Gasteiger partial charge < -0.3 is 14.2 Å². The van der Waals surface area contributed by atoms with Crippen molar-refractivity contribution in [3.05, 3.63) is 30.1 Å². The van der Waals surface area contributed by atoms with Gasteiger partial charge >= 0.3 is 0 Å². The van der Waals surface area contributed by atoms with Gasteiger partial charge in [-0.2, -0.15) is 0 Å². The van der Waals surface area contributed by atoms with Crippen LogP contribution >= 0.6 is 0 Å². The van der Waals surface area contributed by atoms with E-state index in [0.29, 0.717) is 18.8 Å². The third-order valence-electron chi connectivity index (χ3n) is 5.33. The topological polar surface area (TPSA) is 43.8 Å². The van der Waals surface area contributed by atoms with Crippen LogP contribution in [0.4, 0.5) is 0 Å². The van der Waals surface area contributed by atoms with Crippen LogP contribution < -0.4 is 0 Å². The Morgan fingerprint density at radius 1 is 1.17 bits per heavy atom. The number of likely N-dealkylation sites (tertiary alicyclic amines) is 1. The average Bonchev–Trinajstić information content (AvgIpc) is 2.60. The molecule has 1 aromatic rings. The molecule has 3 fully saturated rings. The standard InChI is InChI=1S/C18H26N2O3/c1-2-7-19-15(3-1)12-22-17-6-10-23-18(11-17)13-20(14-18)16-4-8-21-9-5-16/h1-3,7,16-17H,4-6,8-14H2/t17-/m0/s1. The second kappa shape index (κ2) is 6.85. The van der Waals surface area contributed by atoms with E-state index in [1.807, 2.05) is 24.4 Å². The van der Waals surface area contributed by atoms with E-state index in [1.165, 1.54) is 0 Å². The zero-order valence-corrected chi connectivity index (χ0v) is 13.7. The van der Waals surface area contributed by atoms with Gasteiger partial charge in [-0.05, 0) is 31.4 Å². The van der Waals surface area contributed by atoms with Gasteiger partial charge in [-0.15, -0.1) is 0 Å². The van der Waals surface area contributed by atoms with Crippen LogP contribution in [-0.4, -0.2) is 60.5 Å². The first-order valence-electron chi connectivity index (χ1n) is 8.80. The van der Waals surface area contributed by atoms with Crippen LogP contribution in [0.1, 0.15) is 31.4 Å². The van der Waals surface area contributed by atoms with Crippen LogP contribution in [0, 0.1) is 0 Å². The van der Waals surface area contributed by atoms with Crippen LogP contribution in [0.25, 0.3) is 0 Å². The van der Waals surface area contributed by atoms with Gasteiger partial charge in [0.25, 0.3) is 0 Å². The largest absolute Gasteiger partial charge is 0.381 e. The lowest BCUT2D eigenvalue weighted by atomic mass is 9.82. The van der Waals surface area contributed by atoms with Crippen molar-refractivity contribution in [1.82, 2.24) is 9.88 Å².